The summed E-state index contributed by atoms with van der Waals surface area (Å²) < 4.78 is 5.25. The Kier molecular flexibility index (Phi) is 2.86. The highest BCUT2D eigenvalue weighted by atomic mass is 16.5. The van der Waals surface area contributed by atoms with Crippen LogP contribution < -0.4 is 5.32 Å². The van der Waals surface area contributed by atoms with E-state index in [2.05, 4.69) is 17.3 Å². The van der Waals surface area contributed by atoms with Gasteiger partial charge in [-0.15, -0.1) is 0 Å². The fourth-order valence-corrected chi connectivity index (χ4v) is 2.30. The van der Waals surface area contributed by atoms with E-state index in [1.165, 1.54) is 32.4 Å². The van der Waals surface area contributed by atoms with Crippen molar-refractivity contribution in [3.8, 4) is 0 Å². The lowest BCUT2D eigenvalue weighted by molar-refractivity contribution is 0.0146. The van der Waals surface area contributed by atoms with Gasteiger partial charge < -0.3 is 15.0 Å². The second-order valence-electron chi connectivity index (χ2n) is 4.44. The summed E-state index contributed by atoms with van der Waals surface area (Å²) in [7, 11) is 4.00. The molecule has 0 aromatic heterocycles. The van der Waals surface area contributed by atoms with Crippen LogP contribution in [0.4, 0.5) is 0 Å². The van der Waals surface area contributed by atoms with E-state index in [4.69, 9.17) is 4.74 Å². The fourth-order valence-electron chi connectivity index (χ4n) is 2.30. The van der Waals surface area contributed by atoms with Gasteiger partial charge in [-0.05, 0) is 32.9 Å². The molecule has 1 atom stereocenters. The average molecular weight is 184 g/mol. The van der Waals surface area contributed by atoms with Gasteiger partial charge >= 0.3 is 0 Å². The highest BCUT2D eigenvalue weighted by Gasteiger charge is 2.31. The minimum absolute atomic E-state index is 0.525. The predicted molar refractivity (Wildman–Crippen MR) is 52.9 cm³/mol. The Labute approximate surface area is 80.4 Å². The van der Waals surface area contributed by atoms with Crippen LogP contribution >= 0.6 is 0 Å². The first-order valence-electron chi connectivity index (χ1n) is 5.25. The van der Waals surface area contributed by atoms with E-state index in [9.17, 15) is 0 Å². The Balaban J connectivity index is 1.64. The van der Waals surface area contributed by atoms with Gasteiger partial charge in [-0.2, -0.15) is 0 Å². The third-order valence-electron chi connectivity index (χ3n) is 3.29. The van der Waals surface area contributed by atoms with Crippen LogP contribution in [0.25, 0.3) is 0 Å². The zero-order valence-electron chi connectivity index (χ0n) is 8.62. The number of rotatable bonds is 3. The summed E-state index contributed by atoms with van der Waals surface area (Å²) in [5.41, 5.74) is 0. The molecule has 0 aromatic carbocycles. The Bertz CT molecular complexity index is 168. The lowest BCUT2D eigenvalue weighted by atomic mass is 9.88. The monoisotopic (exact) mass is 184 g/mol. The largest absolute Gasteiger partial charge is 0.381 e. The maximum Gasteiger partial charge on any atom is 0.0601 e. The van der Waals surface area contributed by atoms with Crippen molar-refractivity contribution in [2.45, 2.75) is 37.5 Å². The van der Waals surface area contributed by atoms with Gasteiger partial charge in [-0.3, -0.25) is 0 Å². The first kappa shape index (κ1) is 9.44. The number of nitrogens with one attached hydrogen (secondary N) is 1. The number of ether oxygens (including phenoxy) is 1. The Morgan fingerprint density at radius 2 is 2.08 bits per heavy atom. The van der Waals surface area contributed by atoms with E-state index in [0.29, 0.717) is 6.10 Å². The molecule has 0 bridgehead atoms. The van der Waals surface area contributed by atoms with Crippen LogP contribution in [0.5, 0.6) is 0 Å². The van der Waals surface area contributed by atoms with Gasteiger partial charge in [0.1, 0.15) is 0 Å². The van der Waals surface area contributed by atoms with Crippen molar-refractivity contribution in [2.75, 3.05) is 27.2 Å². The molecule has 0 spiro atoms. The third-order valence-corrected chi connectivity index (χ3v) is 3.29. The van der Waals surface area contributed by atoms with E-state index in [1.807, 2.05) is 7.11 Å². The van der Waals surface area contributed by atoms with Crippen molar-refractivity contribution in [1.29, 1.82) is 0 Å². The number of nitrogens with zero attached hydrogens (tertiary/aromatic N) is 1. The minimum atomic E-state index is 0.525. The first-order chi connectivity index (χ1) is 6.28. The van der Waals surface area contributed by atoms with Gasteiger partial charge in [-0.1, -0.05) is 0 Å². The molecule has 1 aliphatic carbocycles. The molecule has 1 heterocycles. The number of methoxy groups -OCH3 is 1. The summed E-state index contributed by atoms with van der Waals surface area (Å²) in [5, 5.41) is 3.69. The zero-order chi connectivity index (χ0) is 9.26. The van der Waals surface area contributed by atoms with Gasteiger partial charge in [0.25, 0.3) is 0 Å². The molecular weight excluding hydrogens is 164 g/mol. The first-order valence-corrected chi connectivity index (χ1v) is 5.25. The highest BCUT2D eigenvalue weighted by Crippen LogP contribution is 2.23. The van der Waals surface area contributed by atoms with Crippen LogP contribution in [0.2, 0.25) is 0 Å². The molecule has 3 heteroatoms. The molecule has 0 amide bonds. The molecule has 13 heavy (non-hydrogen) atoms. The molecule has 0 radical (unpaired) electrons. The summed E-state index contributed by atoms with van der Waals surface area (Å²) in [4.78, 5) is 2.39. The van der Waals surface area contributed by atoms with Crippen molar-refractivity contribution >= 4 is 0 Å². The minimum Gasteiger partial charge on any atom is -0.381 e. The van der Waals surface area contributed by atoms with Crippen LogP contribution in [-0.4, -0.2) is 50.3 Å². The van der Waals surface area contributed by atoms with Gasteiger partial charge in [0.05, 0.1) is 6.10 Å². The normalized spacial score (nSPS) is 40.6. The van der Waals surface area contributed by atoms with E-state index < -0.39 is 0 Å². The predicted octanol–water partition coefficient (Wildman–Crippen LogP) is 0.457. The molecule has 1 N–H and O–H groups in total. The van der Waals surface area contributed by atoms with E-state index in [0.717, 1.165) is 12.1 Å². The standard InChI is InChI=1S/C10H20N2O/c1-12-4-3-8(7-12)11-9-5-10(6-9)13-2/h8-11H,3-7H2,1-2H3/t8?,9-,10-. The Hall–Kier alpha value is -0.120. The van der Waals surface area contributed by atoms with Gasteiger partial charge in [0.2, 0.25) is 0 Å². The topological polar surface area (TPSA) is 24.5 Å². The molecular formula is C10H20N2O. The van der Waals surface area contributed by atoms with Crippen molar-refractivity contribution in [1.82, 2.24) is 10.2 Å². The molecule has 0 aromatic rings. The number of likely N-dealkylation sites (tertiary alicyclic amines) is 1. The zero-order valence-corrected chi connectivity index (χ0v) is 8.62. The van der Waals surface area contributed by atoms with Crippen molar-refractivity contribution in [3.63, 3.8) is 0 Å². The second kappa shape index (κ2) is 3.95. The van der Waals surface area contributed by atoms with Crippen molar-refractivity contribution < 1.29 is 4.74 Å². The maximum absolute atomic E-state index is 5.25. The van der Waals surface area contributed by atoms with Crippen molar-refractivity contribution in [2.24, 2.45) is 0 Å². The molecule has 1 aliphatic heterocycles. The summed E-state index contributed by atoms with van der Waals surface area (Å²) in [6.07, 6.45) is 4.24. The summed E-state index contributed by atoms with van der Waals surface area (Å²) in [5.74, 6) is 0. The van der Waals surface area contributed by atoms with Crippen LogP contribution in [-0.2, 0) is 4.74 Å². The molecule has 1 unspecified atom stereocenters. The van der Waals surface area contributed by atoms with Crippen molar-refractivity contribution in [3.05, 3.63) is 0 Å². The Morgan fingerprint density at radius 1 is 1.31 bits per heavy atom. The average Bonchev–Trinajstić information content (AvgIpc) is 2.43. The number of hydrogen-bond acceptors (Lipinski definition) is 3. The molecule has 2 aliphatic rings. The second-order valence-corrected chi connectivity index (χ2v) is 4.44. The van der Waals surface area contributed by atoms with E-state index in [1.54, 1.807) is 0 Å². The van der Waals surface area contributed by atoms with Crippen LogP contribution in [0.3, 0.4) is 0 Å². The lowest BCUT2D eigenvalue weighted by Gasteiger charge is -2.36. The van der Waals surface area contributed by atoms with Gasteiger partial charge in [0.15, 0.2) is 0 Å². The van der Waals surface area contributed by atoms with Gasteiger partial charge in [0, 0.05) is 25.7 Å². The maximum atomic E-state index is 5.25. The van der Waals surface area contributed by atoms with E-state index in [-0.39, 0.29) is 0 Å². The Morgan fingerprint density at radius 3 is 2.62 bits per heavy atom. The highest BCUT2D eigenvalue weighted by molar-refractivity contribution is 4.90. The lowest BCUT2D eigenvalue weighted by Crippen LogP contribution is -2.49. The third kappa shape index (κ3) is 2.22. The van der Waals surface area contributed by atoms with Gasteiger partial charge in [-0.25, -0.2) is 0 Å². The summed E-state index contributed by atoms with van der Waals surface area (Å²) >= 11 is 0. The molecule has 1 saturated heterocycles. The molecule has 2 rings (SSSR count). The van der Waals surface area contributed by atoms with Crippen LogP contribution in [0, 0.1) is 0 Å². The summed E-state index contributed by atoms with van der Waals surface area (Å²) in [6.45, 7) is 2.46. The van der Waals surface area contributed by atoms with Crippen LogP contribution in [0.1, 0.15) is 19.3 Å². The molecule has 1 saturated carbocycles. The molecule has 2 fully saturated rings. The molecule has 76 valence electrons. The quantitative estimate of drug-likeness (QED) is 0.689. The van der Waals surface area contributed by atoms with Crippen LogP contribution in [0.15, 0.2) is 0 Å². The molecule has 3 nitrogen and oxygen atoms in total. The SMILES string of the molecule is CO[C@H]1C[C@H](NC2CCN(C)C2)C1. The number of hydrogen-bond donors (Lipinski definition) is 1. The summed E-state index contributed by atoms with van der Waals surface area (Å²) in [6, 6.07) is 1.45. The van der Waals surface area contributed by atoms with E-state index >= 15 is 0 Å². The fraction of sp³-hybridized carbons (Fsp3) is 1.00. The smallest absolute Gasteiger partial charge is 0.0601 e. The number of likely N-dealkylation sites (N-methyl/N-ethyl adjacent to an activating group) is 1.